The summed E-state index contributed by atoms with van der Waals surface area (Å²) in [4.78, 5) is 0. The molecule has 1 aromatic heterocycles. The van der Waals surface area contributed by atoms with Crippen molar-refractivity contribution in [1.82, 2.24) is 9.78 Å². The van der Waals surface area contributed by atoms with E-state index in [1.54, 1.807) is 23.9 Å². The van der Waals surface area contributed by atoms with Crippen LogP contribution in [0.5, 0.6) is 0 Å². The minimum Gasteiger partial charge on any atom is -0.315 e. The number of hydrogen-bond acceptors (Lipinski definition) is 2. The molecule has 1 heterocycles. The van der Waals surface area contributed by atoms with Gasteiger partial charge < -0.3 is 5.73 Å². The fourth-order valence-electron chi connectivity index (χ4n) is 2.11. The fourth-order valence-corrected chi connectivity index (χ4v) is 2.11. The van der Waals surface area contributed by atoms with Crippen molar-refractivity contribution in [3.8, 4) is 0 Å². The number of benzene rings is 1. The molecule has 2 aromatic rings. The summed E-state index contributed by atoms with van der Waals surface area (Å²) in [6.07, 6.45) is -0.318. The molecule has 16 heavy (non-hydrogen) atoms. The van der Waals surface area contributed by atoms with Crippen LogP contribution < -0.4 is 5.73 Å². The van der Waals surface area contributed by atoms with Crippen LogP contribution in [0.2, 0.25) is 0 Å². The molecule has 1 saturated carbocycles. The number of halogens is 2. The minimum atomic E-state index is -2.83. The lowest BCUT2D eigenvalue weighted by Crippen LogP contribution is -2.28. The van der Waals surface area contributed by atoms with Crippen LogP contribution in [0, 0.1) is 0 Å². The molecule has 5 heteroatoms. The molecule has 1 aliphatic rings. The van der Waals surface area contributed by atoms with Gasteiger partial charge in [-0.2, -0.15) is 5.10 Å². The third kappa shape index (κ3) is 1.01. The summed E-state index contributed by atoms with van der Waals surface area (Å²) in [5.41, 5.74) is 5.25. The molecule has 0 radical (unpaired) electrons. The van der Waals surface area contributed by atoms with E-state index in [9.17, 15) is 8.78 Å². The van der Waals surface area contributed by atoms with Crippen LogP contribution in [0.4, 0.5) is 8.78 Å². The van der Waals surface area contributed by atoms with Crippen LogP contribution in [0.1, 0.15) is 12.1 Å². The molecule has 84 valence electrons. The van der Waals surface area contributed by atoms with Gasteiger partial charge in [0.15, 0.2) is 0 Å². The van der Waals surface area contributed by atoms with E-state index in [1.165, 1.54) is 0 Å². The summed E-state index contributed by atoms with van der Waals surface area (Å²) >= 11 is 0. The molecule has 2 N–H and O–H groups in total. The van der Waals surface area contributed by atoms with Gasteiger partial charge in [0.25, 0.3) is 5.92 Å². The lowest BCUT2D eigenvalue weighted by Gasteiger charge is -2.06. The zero-order valence-electron chi connectivity index (χ0n) is 8.74. The number of hydrogen-bond donors (Lipinski definition) is 1. The first kappa shape index (κ1) is 9.72. The van der Waals surface area contributed by atoms with E-state index in [4.69, 9.17) is 5.73 Å². The molecule has 0 spiro atoms. The van der Waals surface area contributed by atoms with Gasteiger partial charge in [-0.1, -0.05) is 18.2 Å². The Hall–Kier alpha value is -1.49. The molecule has 3 rings (SSSR count). The third-order valence-corrected chi connectivity index (χ3v) is 3.21. The highest BCUT2D eigenvalue weighted by molar-refractivity contribution is 5.83. The topological polar surface area (TPSA) is 43.8 Å². The summed E-state index contributed by atoms with van der Waals surface area (Å²) in [5.74, 6) is -2.83. The van der Waals surface area contributed by atoms with Gasteiger partial charge >= 0.3 is 0 Å². The number of aromatic nitrogens is 2. The van der Waals surface area contributed by atoms with Crippen molar-refractivity contribution in [1.29, 1.82) is 0 Å². The van der Waals surface area contributed by atoms with Crippen molar-refractivity contribution in [2.45, 2.75) is 17.9 Å². The van der Waals surface area contributed by atoms with Crippen molar-refractivity contribution in [3.05, 3.63) is 30.0 Å². The molecule has 0 saturated heterocycles. The van der Waals surface area contributed by atoms with Gasteiger partial charge in [-0.05, 0) is 6.07 Å². The second-order valence-electron chi connectivity index (χ2n) is 4.34. The largest absolute Gasteiger partial charge is 0.315 e. The van der Waals surface area contributed by atoms with Crippen LogP contribution in [0.25, 0.3) is 10.9 Å². The van der Waals surface area contributed by atoms with E-state index in [-0.39, 0.29) is 6.42 Å². The summed E-state index contributed by atoms with van der Waals surface area (Å²) in [7, 11) is 1.73. The van der Waals surface area contributed by atoms with Crippen LogP contribution in [0.15, 0.2) is 24.3 Å². The number of alkyl halides is 2. The van der Waals surface area contributed by atoms with Crippen molar-refractivity contribution in [3.63, 3.8) is 0 Å². The standard InChI is InChI=1S/C11H11F2N3/c1-16-8-5-3-2-4-7(8)9(15-16)10(14)6-11(10,12)13/h2-5H,6,14H2,1H3. The van der Waals surface area contributed by atoms with Crippen molar-refractivity contribution in [2.24, 2.45) is 12.8 Å². The van der Waals surface area contributed by atoms with Crippen LogP contribution >= 0.6 is 0 Å². The predicted octanol–water partition coefficient (Wildman–Crippen LogP) is 1.77. The molecule has 3 nitrogen and oxygen atoms in total. The Morgan fingerprint density at radius 2 is 2.00 bits per heavy atom. The maximum Gasteiger partial charge on any atom is 0.274 e. The van der Waals surface area contributed by atoms with E-state index in [2.05, 4.69) is 5.10 Å². The van der Waals surface area contributed by atoms with E-state index in [0.717, 1.165) is 5.52 Å². The Morgan fingerprint density at radius 3 is 2.62 bits per heavy atom. The molecule has 0 amide bonds. The molecule has 0 bridgehead atoms. The molecular weight excluding hydrogens is 212 g/mol. The lowest BCUT2D eigenvalue weighted by molar-refractivity contribution is 0.0883. The smallest absolute Gasteiger partial charge is 0.274 e. The number of nitrogens with zero attached hydrogens (tertiary/aromatic N) is 2. The van der Waals surface area contributed by atoms with Gasteiger partial charge in [-0.15, -0.1) is 0 Å². The molecule has 1 unspecified atom stereocenters. The van der Waals surface area contributed by atoms with Gasteiger partial charge in [0.1, 0.15) is 5.54 Å². The van der Waals surface area contributed by atoms with Gasteiger partial charge in [0.2, 0.25) is 0 Å². The molecule has 1 aliphatic carbocycles. The first-order valence-corrected chi connectivity index (χ1v) is 5.05. The quantitative estimate of drug-likeness (QED) is 0.800. The van der Waals surface area contributed by atoms with E-state index in [1.807, 2.05) is 12.1 Å². The molecule has 1 atom stereocenters. The summed E-state index contributed by atoms with van der Waals surface area (Å²) < 4.78 is 28.0. The maximum absolute atomic E-state index is 13.2. The zero-order chi connectivity index (χ0) is 11.6. The van der Waals surface area contributed by atoms with E-state index in [0.29, 0.717) is 11.1 Å². The highest BCUT2D eigenvalue weighted by atomic mass is 19.3. The summed E-state index contributed by atoms with van der Waals surface area (Å²) in [5, 5.41) is 4.84. The Balaban J connectivity index is 2.27. The van der Waals surface area contributed by atoms with E-state index < -0.39 is 11.5 Å². The maximum atomic E-state index is 13.2. The number of rotatable bonds is 1. The summed E-state index contributed by atoms with van der Waals surface area (Å²) in [6.45, 7) is 0. The fraction of sp³-hybridized carbons (Fsp3) is 0.364. The second kappa shape index (κ2) is 2.60. The summed E-state index contributed by atoms with van der Waals surface area (Å²) in [6, 6.07) is 7.27. The number of fused-ring (bicyclic) bond motifs is 1. The molecule has 0 aliphatic heterocycles. The highest BCUT2D eigenvalue weighted by Crippen LogP contribution is 2.58. The SMILES string of the molecule is Cn1nc(C2(N)CC2(F)F)c2ccccc21. The van der Waals surface area contributed by atoms with Gasteiger partial charge in [-0.25, -0.2) is 8.78 Å². The number of aryl methyl sites for hydroxylation is 1. The van der Waals surface area contributed by atoms with Crippen molar-refractivity contribution >= 4 is 10.9 Å². The predicted molar refractivity (Wildman–Crippen MR) is 56.1 cm³/mol. The second-order valence-corrected chi connectivity index (χ2v) is 4.34. The van der Waals surface area contributed by atoms with E-state index >= 15 is 0 Å². The monoisotopic (exact) mass is 223 g/mol. The van der Waals surface area contributed by atoms with Gasteiger partial charge in [0, 0.05) is 18.9 Å². The van der Waals surface area contributed by atoms with Gasteiger partial charge in [0.05, 0.1) is 11.2 Å². The van der Waals surface area contributed by atoms with Crippen molar-refractivity contribution in [2.75, 3.05) is 0 Å². The van der Waals surface area contributed by atoms with Crippen LogP contribution in [-0.2, 0) is 12.6 Å². The zero-order valence-corrected chi connectivity index (χ0v) is 8.74. The van der Waals surface area contributed by atoms with Crippen molar-refractivity contribution < 1.29 is 8.78 Å². The average Bonchev–Trinajstić information content (AvgIpc) is 2.59. The van der Waals surface area contributed by atoms with Crippen LogP contribution in [-0.4, -0.2) is 15.7 Å². The number of nitrogens with two attached hydrogens (primary N) is 1. The molecule has 1 aromatic carbocycles. The molecular formula is C11H11F2N3. The third-order valence-electron chi connectivity index (χ3n) is 3.21. The number of para-hydroxylation sites is 1. The Morgan fingerprint density at radius 1 is 1.38 bits per heavy atom. The first-order chi connectivity index (χ1) is 7.46. The Kier molecular flexibility index (Phi) is 1.58. The average molecular weight is 223 g/mol. The Bertz CT molecular complexity index is 576. The molecule has 1 fully saturated rings. The van der Waals surface area contributed by atoms with Gasteiger partial charge in [-0.3, -0.25) is 4.68 Å². The lowest BCUT2D eigenvalue weighted by atomic mass is 10.1. The van der Waals surface area contributed by atoms with Crippen LogP contribution in [0.3, 0.4) is 0 Å². The normalized spacial score (nSPS) is 27.2. The minimum absolute atomic E-state index is 0.301. The highest BCUT2D eigenvalue weighted by Gasteiger charge is 2.71. The Labute approximate surface area is 90.8 Å². The first-order valence-electron chi connectivity index (χ1n) is 5.05.